The van der Waals surface area contributed by atoms with Crippen LogP contribution in [0.5, 0.6) is 0 Å². The highest BCUT2D eigenvalue weighted by atomic mass is 35.5. The molecule has 3 rings (SSSR count). The Kier molecular flexibility index (Phi) is 6.50. The van der Waals surface area contributed by atoms with Crippen molar-refractivity contribution in [2.24, 2.45) is 0 Å². The van der Waals surface area contributed by atoms with Gasteiger partial charge in [-0.3, -0.25) is 9.59 Å². The van der Waals surface area contributed by atoms with Crippen LogP contribution in [-0.2, 0) is 19.7 Å². The largest absolute Gasteiger partial charge is 0.455 e. The lowest BCUT2D eigenvalue weighted by Crippen LogP contribution is -2.45. The summed E-state index contributed by atoms with van der Waals surface area (Å²) < 4.78 is 18.6. The number of halogens is 2. The van der Waals surface area contributed by atoms with Gasteiger partial charge in [-0.25, -0.2) is 4.39 Å². The van der Waals surface area contributed by atoms with Crippen LogP contribution in [0.2, 0.25) is 5.02 Å². The predicted molar refractivity (Wildman–Crippen MR) is 107 cm³/mol. The minimum Gasteiger partial charge on any atom is -0.455 e. The van der Waals surface area contributed by atoms with Crippen molar-refractivity contribution < 1.29 is 18.7 Å². The Balaban J connectivity index is 1.70. The Labute approximate surface area is 173 Å². The first kappa shape index (κ1) is 20.8. The summed E-state index contributed by atoms with van der Waals surface area (Å²) in [6.45, 7) is -0.322. The van der Waals surface area contributed by atoms with Crippen molar-refractivity contribution in [3.05, 3.63) is 64.9 Å². The Bertz CT molecular complexity index is 919. The quantitative estimate of drug-likeness (QED) is 0.630. The summed E-state index contributed by atoms with van der Waals surface area (Å²) in [6.07, 6.45) is 2.30. The van der Waals surface area contributed by atoms with E-state index < -0.39 is 29.7 Å². The summed E-state index contributed by atoms with van der Waals surface area (Å²) in [5.41, 5.74) is 0.516. The number of hydrogen-bond donors (Lipinski definition) is 0. The molecule has 150 valence electrons. The predicted octanol–water partition coefficient (Wildman–Crippen LogP) is 4.39. The minimum absolute atomic E-state index is 0.103. The Morgan fingerprint density at radius 2 is 1.79 bits per heavy atom. The van der Waals surface area contributed by atoms with Gasteiger partial charge < -0.3 is 9.64 Å². The third kappa shape index (κ3) is 4.57. The Morgan fingerprint density at radius 3 is 2.34 bits per heavy atom. The second-order valence-corrected chi connectivity index (χ2v) is 7.39. The van der Waals surface area contributed by atoms with Crippen LogP contribution in [0, 0.1) is 17.1 Å². The normalized spacial score (nSPS) is 14.4. The minimum atomic E-state index is -0.752. The van der Waals surface area contributed by atoms with E-state index >= 15 is 0 Å². The first-order valence-electron chi connectivity index (χ1n) is 9.32. The van der Waals surface area contributed by atoms with Gasteiger partial charge in [0.25, 0.3) is 5.91 Å². The average molecular weight is 415 g/mol. The highest BCUT2D eigenvalue weighted by Gasteiger charge is 2.47. The van der Waals surface area contributed by atoms with E-state index in [0.29, 0.717) is 23.6 Å². The maximum absolute atomic E-state index is 13.2. The van der Waals surface area contributed by atoms with Gasteiger partial charge in [-0.15, -0.1) is 0 Å². The molecule has 2 aromatic rings. The number of esters is 1. The van der Waals surface area contributed by atoms with Crippen LogP contribution in [0.15, 0.2) is 48.5 Å². The van der Waals surface area contributed by atoms with Crippen LogP contribution in [0.25, 0.3) is 0 Å². The number of nitriles is 1. The van der Waals surface area contributed by atoms with Crippen molar-refractivity contribution in [1.29, 1.82) is 5.26 Å². The molecule has 5 nitrogen and oxygen atoms in total. The summed E-state index contributed by atoms with van der Waals surface area (Å²) in [5, 5.41) is 9.44. The van der Waals surface area contributed by atoms with Crippen LogP contribution < -0.4 is 4.90 Å². The van der Waals surface area contributed by atoms with Crippen LogP contribution >= 0.6 is 11.6 Å². The molecule has 1 saturated carbocycles. The summed E-state index contributed by atoms with van der Waals surface area (Å²) >= 11 is 5.94. The molecule has 0 saturated heterocycles. The van der Waals surface area contributed by atoms with Crippen molar-refractivity contribution in [3.63, 3.8) is 0 Å². The molecule has 0 N–H and O–H groups in total. The molecule has 7 heteroatoms. The van der Waals surface area contributed by atoms with Gasteiger partial charge in [0.2, 0.25) is 0 Å². The van der Waals surface area contributed by atoms with E-state index in [4.69, 9.17) is 21.6 Å². The molecule has 0 atom stereocenters. The Hall–Kier alpha value is -2.91. The highest BCUT2D eigenvalue weighted by molar-refractivity contribution is 6.30. The maximum atomic E-state index is 13.2. The molecular formula is C22H20ClFN2O3. The number of carbonyl (C=O) groups is 2. The molecule has 0 radical (unpaired) electrons. The summed E-state index contributed by atoms with van der Waals surface area (Å²) in [4.78, 5) is 26.8. The topological polar surface area (TPSA) is 70.4 Å². The number of benzene rings is 2. The van der Waals surface area contributed by atoms with E-state index in [0.717, 1.165) is 12.0 Å². The smallest absolute Gasteiger partial charge is 0.317 e. The van der Waals surface area contributed by atoms with Crippen molar-refractivity contribution in [2.45, 2.75) is 31.1 Å². The zero-order chi connectivity index (χ0) is 20.9. The lowest BCUT2D eigenvalue weighted by atomic mass is 9.64. The van der Waals surface area contributed by atoms with Crippen LogP contribution in [0.1, 0.15) is 31.2 Å². The molecule has 0 aromatic heterocycles. The molecule has 1 aliphatic carbocycles. The molecule has 29 heavy (non-hydrogen) atoms. The molecule has 2 aromatic carbocycles. The molecule has 0 bridgehead atoms. The van der Waals surface area contributed by atoms with Gasteiger partial charge >= 0.3 is 5.97 Å². The van der Waals surface area contributed by atoms with E-state index in [9.17, 15) is 14.0 Å². The zero-order valence-electron chi connectivity index (χ0n) is 15.7. The van der Waals surface area contributed by atoms with Gasteiger partial charge in [0.05, 0.1) is 17.9 Å². The fourth-order valence-corrected chi connectivity index (χ4v) is 3.56. The number of rotatable bonds is 7. The maximum Gasteiger partial charge on any atom is 0.317 e. The van der Waals surface area contributed by atoms with Gasteiger partial charge in [-0.05, 0) is 54.8 Å². The lowest BCUT2D eigenvalue weighted by molar-refractivity contribution is -0.157. The van der Waals surface area contributed by atoms with E-state index in [-0.39, 0.29) is 13.0 Å². The van der Waals surface area contributed by atoms with Gasteiger partial charge in [0.1, 0.15) is 5.82 Å². The number of amides is 1. The number of hydrogen-bond acceptors (Lipinski definition) is 4. The second kappa shape index (κ2) is 9.06. The molecule has 1 amide bonds. The lowest BCUT2D eigenvalue weighted by Gasteiger charge is -2.39. The number of anilines is 1. The van der Waals surface area contributed by atoms with E-state index in [1.54, 1.807) is 12.1 Å². The third-order valence-electron chi connectivity index (χ3n) is 5.21. The third-order valence-corrected chi connectivity index (χ3v) is 5.46. The molecule has 1 fully saturated rings. The highest BCUT2D eigenvalue weighted by Crippen LogP contribution is 2.45. The second-order valence-electron chi connectivity index (χ2n) is 6.95. The van der Waals surface area contributed by atoms with Crippen molar-refractivity contribution in [3.8, 4) is 6.07 Å². The van der Waals surface area contributed by atoms with Gasteiger partial charge in [-0.1, -0.05) is 30.2 Å². The van der Waals surface area contributed by atoms with Crippen LogP contribution in [0.4, 0.5) is 10.1 Å². The van der Waals surface area contributed by atoms with Crippen molar-refractivity contribution in [1.82, 2.24) is 0 Å². The van der Waals surface area contributed by atoms with Gasteiger partial charge in [-0.2, -0.15) is 5.26 Å². The van der Waals surface area contributed by atoms with Crippen molar-refractivity contribution >= 4 is 29.2 Å². The zero-order valence-corrected chi connectivity index (χ0v) is 16.5. The molecular weight excluding hydrogens is 395 g/mol. The summed E-state index contributed by atoms with van der Waals surface area (Å²) in [7, 11) is 0. The summed E-state index contributed by atoms with van der Waals surface area (Å²) in [5.74, 6) is -1.34. The monoisotopic (exact) mass is 414 g/mol. The van der Waals surface area contributed by atoms with Crippen LogP contribution in [0.3, 0.4) is 0 Å². The number of nitrogens with zero attached hydrogens (tertiary/aromatic N) is 2. The van der Waals surface area contributed by atoms with Crippen molar-refractivity contribution in [2.75, 3.05) is 18.1 Å². The average Bonchev–Trinajstić information content (AvgIpc) is 2.68. The van der Waals surface area contributed by atoms with E-state index in [1.165, 1.54) is 29.2 Å². The fraction of sp³-hybridized carbons (Fsp3) is 0.318. The Morgan fingerprint density at radius 1 is 1.14 bits per heavy atom. The first-order chi connectivity index (χ1) is 14.0. The van der Waals surface area contributed by atoms with Crippen LogP contribution in [-0.4, -0.2) is 25.0 Å². The van der Waals surface area contributed by atoms with Gasteiger partial charge in [0, 0.05) is 17.3 Å². The number of carbonyl (C=O) groups excluding carboxylic acids is 2. The standard InChI is InChI=1S/C22H20ClFN2O3/c23-17-5-3-16(4-6-17)22(11-1-12-22)21(28)29-15-20(27)26(14-2-13-25)19-9-7-18(24)8-10-19/h3-10H,1-2,11-12,14-15H2. The first-order valence-corrected chi connectivity index (χ1v) is 9.70. The number of ether oxygens (including phenoxy) is 1. The SMILES string of the molecule is N#CCCN(C(=O)COC(=O)C1(c2ccc(Cl)cc2)CCC1)c1ccc(F)cc1. The molecule has 0 aliphatic heterocycles. The molecule has 0 unspecified atom stereocenters. The molecule has 0 spiro atoms. The van der Waals surface area contributed by atoms with Gasteiger partial charge in [0.15, 0.2) is 6.61 Å². The molecule has 0 heterocycles. The molecule has 1 aliphatic rings. The van der Waals surface area contributed by atoms with E-state index in [1.807, 2.05) is 18.2 Å². The summed E-state index contributed by atoms with van der Waals surface area (Å²) in [6, 6.07) is 14.4. The fourth-order valence-electron chi connectivity index (χ4n) is 3.43. The van der Waals surface area contributed by atoms with E-state index in [2.05, 4.69) is 0 Å².